The molecule has 0 N–H and O–H groups in total. The monoisotopic (exact) mass is 729 g/mol. The Morgan fingerprint density at radius 3 is 1.60 bits per heavy atom. The van der Waals surface area contributed by atoms with Gasteiger partial charge in [-0.1, -0.05) is 158 Å². The molecule has 0 bridgehead atoms. The first-order valence-electron chi connectivity index (χ1n) is 19.2. The van der Waals surface area contributed by atoms with Crippen LogP contribution in [-0.4, -0.2) is 15.0 Å². The summed E-state index contributed by atoms with van der Waals surface area (Å²) in [7, 11) is 0. The molecule has 8 aromatic carbocycles. The van der Waals surface area contributed by atoms with E-state index in [1.807, 2.05) is 72.8 Å². The fourth-order valence-corrected chi connectivity index (χ4v) is 9.28. The fraction of sp³-hybridized carbons (Fsp3) is 0.0192. The smallest absolute Gasteiger partial charge is 0.164 e. The number of para-hydroxylation sites is 3. The highest BCUT2D eigenvalue weighted by Gasteiger charge is 2.51. The number of ether oxygens (including phenoxy) is 1. The number of benzene rings is 8. The first kappa shape index (κ1) is 31.7. The minimum absolute atomic E-state index is 0.577. The van der Waals surface area contributed by atoms with Gasteiger partial charge in [-0.3, -0.25) is 0 Å². The zero-order valence-electron chi connectivity index (χ0n) is 30.6. The molecule has 0 saturated carbocycles. The maximum Gasteiger partial charge on any atom is 0.164 e. The normalized spacial score (nSPS) is 13.2. The summed E-state index contributed by atoms with van der Waals surface area (Å²) in [5.74, 6) is 3.56. The summed E-state index contributed by atoms with van der Waals surface area (Å²) in [6.07, 6.45) is 0. The van der Waals surface area contributed by atoms with Gasteiger partial charge < -0.3 is 9.15 Å². The third kappa shape index (κ3) is 4.54. The van der Waals surface area contributed by atoms with E-state index in [4.69, 9.17) is 24.1 Å². The number of hydrogen-bond donors (Lipinski definition) is 0. The zero-order valence-corrected chi connectivity index (χ0v) is 30.6. The predicted octanol–water partition coefficient (Wildman–Crippen LogP) is 12.9. The van der Waals surface area contributed by atoms with Crippen molar-refractivity contribution in [3.05, 3.63) is 210 Å². The van der Waals surface area contributed by atoms with Gasteiger partial charge in [-0.25, -0.2) is 15.0 Å². The number of nitrogens with zero attached hydrogens (tertiary/aromatic N) is 3. The zero-order chi connectivity index (χ0) is 37.5. The van der Waals surface area contributed by atoms with E-state index in [1.165, 1.54) is 22.3 Å². The molecule has 266 valence electrons. The highest BCUT2D eigenvalue weighted by atomic mass is 16.5. The Hall–Kier alpha value is -7.63. The average molecular weight is 730 g/mol. The van der Waals surface area contributed by atoms with Crippen LogP contribution in [0.25, 0.3) is 78.4 Å². The molecule has 3 heterocycles. The number of furan rings is 1. The SMILES string of the molecule is c1ccc(-c2nc(-c3ccccc3)nc(-c3ccc(-c4cccc5c4-c4ccccc4C54c5ccccc5Oc5ccccc54)c4oc5ccccc5c34)n2)cc1. The topological polar surface area (TPSA) is 61.0 Å². The molecular weight excluding hydrogens is 699 g/mol. The van der Waals surface area contributed by atoms with Crippen molar-refractivity contribution in [3.8, 4) is 67.9 Å². The number of hydrogen-bond acceptors (Lipinski definition) is 5. The highest BCUT2D eigenvalue weighted by molar-refractivity contribution is 6.17. The van der Waals surface area contributed by atoms with Crippen molar-refractivity contribution >= 4 is 21.9 Å². The molecule has 2 aromatic heterocycles. The second-order valence-corrected chi connectivity index (χ2v) is 14.6. The van der Waals surface area contributed by atoms with Crippen LogP contribution in [0, 0.1) is 0 Å². The molecule has 0 amide bonds. The molecule has 5 nitrogen and oxygen atoms in total. The third-order valence-electron chi connectivity index (χ3n) is 11.6. The van der Waals surface area contributed by atoms with Crippen LogP contribution >= 0.6 is 0 Å². The molecule has 57 heavy (non-hydrogen) atoms. The van der Waals surface area contributed by atoms with Crippen molar-refractivity contribution in [1.29, 1.82) is 0 Å². The lowest BCUT2D eigenvalue weighted by Gasteiger charge is -2.39. The molecule has 0 fully saturated rings. The van der Waals surface area contributed by atoms with Gasteiger partial charge in [0.25, 0.3) is 0 Å². The Bertz CT molecular complexity index is 3120. The molecule has 0 unspecified atom stereocenters. The van der Waals surface area contributed by atoms with Crippen LogP contribution in [0.15, 0.2) is 192 Å². The molecule has 0 radical (unpaired) electrons. The minimum Gasteiger partial charge on any atom is -0.457 e. The van der Waals surface area contributed by atoms with Crippen molar-refractivity contribution in [2.45, 2.75) is 5.41 Å². The Kier molecular flexibility index (Phi) is 6.78. The average Bonchev–Trinajstić information content (AvgIpc) is 3.82. The van der Waals surface area contributed by atoms with Crippen LogP contribution in [-0.2, 0) is 5.41 Å². The van der Waals surface area contributed by atoms with Crippen LogP contribution in [0.1, 0.15) is 22.3 Å². The first-order valence-corrected chi connectivity index (χ1v) is 19.2. The number of rotatable bonds is 4. The Labute approximate surface area is 328 Å². The van der Waals surface area contributed by atoms with E-state index in [1.54, 1.807) is 0 Å². The molecule has 1 aliphatic carbocycles. The molecule has 0 atom stereocenters. The lowest BCUT2D eigenvalue weighted by atomic mass is 9.66. The highest BCUT2D eigenvalue weighted by Crippen LogP contribution is 2.63. The summed E-state index contributed by atoms with van der Waals surface area (Å²) in [6.45, 7) is 0. The summed E-state index contributed by atoms with van der Waals surface area (Å²) >= 11 is 0. The third-order valence-corrected chi connectivity index (χ3v) is 11.6. The van der Waals surface area contributed by atoms with Crippen molar-refractivity contribution in [3.63, 3.8) is 0 Å². The van der Waals surface area contributed by atoms with E-state index in [2.05, 4.69) is 115 Å². The van der Waals surface area contributed by atoms with Gasteiger partial charge in [-0.2, -0.15) is 0 Å². The summed E-state index contributed by atoms with van der Waals surface area (Å²) in [4.78, 5) is 15.3. The van der Waals surface area contributed by atoms with E-state index in [0.717, 1.165) is 72.4 Å². The van der Waals surface area contributed by atoms with Gasteiger partial charge in [-0.15, -0.1) is 0 Å². The van der Waals surface area contributed by atoms with Crippen LogP contribution in [0.2, 0.25) is 0 Å². The van der Waals surface area contributed by atoms with Crippen molar-refractivity contribution in [2.24, 2.45) is 0 Å². The number of fused-ring (bicyclic) bond motifs is 12. The molecule has 10 aromatic rings. The summed E-state index contributed by atoms with van der Waals surface area (Å²) < 4.78 is 13.5. The molecule has 12 rings (SSSR count). The molecular formula is C52H31N3O2. The Balaban J connectivity index is 1.14. The summed E-state index contributed by atoms with van der Waals surface area (Å²) in [6, 6.07) is 65.3. The van der Waals surface area contributed by atoms with Crippen molar-refractivity contribution in [2.75, 3.05) is 0 Å². The lowest BCUT2D eigenvalue weighted by molar-refractivity contribution is 0.436. The largest absolute Gasteiger partial charge is 0.457 e. The van der Waals surface area contributed by atoms with Crippen LogP contribution < -0.4 is 4.74 Å². The summed E-state index contributed by atoms with van der Waals surface area (Å²) in [5, 5.41) is 1.97. The maximum atomic E-state index is 6.94. The molecule has 1 spiro atoms. The molecule has 0 saturated heterocycles. The van der Waals surface area contributed by atoms with Crippen LogP contribution in [0.4, 0.5) is 0 Å². The Morgan fingerprint density at radius 2 is 0.895 bits per heavy atom. The van der Waals surface area contributed by atoms with E-state index >= 15 is 0 Å². The standard InChI is InChI=1S/C52H31N3O2/c1-3-16-32(17-4-1)49-53-50(33-18-5-2-6-19-33)55-51(54-49)38-31-30-35(48-47(38)37-21-8-12-27-43(37)57-48)34-22-15-26-42-46(34)36-20-7-9-23-39(36)52(42)40-24-10-13-28-44(40)56-45-29-14-11-25-41(45)52/h1-31H. The lowest BCUT2D eigenvalue weighted by Crippen LogP contribution is -2.32. The van der Waals surface area contributed by atoms with Crippen molar-refractivity contribution < 1.29 is 9.15 Å². The van der Waals surface area contributed by atoms with Gasteiger partial charge in [-0.05, 0) is 58.1 Å². The second kappa shape index (κ2) is 12.2. The summed E-state index contributed by atoms with van der Waals surface area (Å²) in [5.41, 5.74) is 12.9. The van der Waals surface area contributed by atoms with E-state index in [-0.39, 0.29) is 0 Å². The molecule has 5 heteroatoms. The minimum atomic E-state index is -0.577. The predicted molar refractivity (Wildman–Crippen MR) is 226 cm³/mol. The van der Waals surface area contributed by atoms with E-state index < -0.39 is 5.41 Å². The quantitative estimate of drug-likeness (QED) is 0.180. The maximum absolute atomic E-state index is 6.94. The van der Waals surface area contributed by atoms with E-state index in [0.29, 0.717) is 17.5 Å². The van der Waals surface area contributed by atoms with Crippen molar-refractivity contribution in [1.82, 2.24) is 15.0 Å². The van der Waals surface area contributed by atoms with Gasteiger partial charge in [0, 0.05) is 44.2 Å². The molecule has 1 aliphatic heterocycles. The van der Waals surface area contributed by atoms with Crippen LogP contribution in [0.5, 0.6) is 11.5 Å². The van der Waals surface area contributed by atoms with Gasteiger partial charge in [0.2, 0.25) is 0 Å². The van der Waals surface area contributed by atoms with Gasteiger partial charge in [0.1, 0.15) is 22.7 Å². The fourth-order valence-electron chi connectivity index (χ4n) is 9.28. The second-order valence-electron chi connectivity index (χ2n) is 14.6. The van der Waals surface area contributed by atoms with Gasteiger partial charge >= 0.3 is 0 Å². The van der Waals surface area contributed by atoms with Crippen LogP contribution in [0.3, 0.4) is 0 Å². The number of aromatic nitrogens is 3. The van der Waals surface area contributed by atoms with Gasteiger partial charge in [0.05, 0.1) is 5.41 Å². The van der Waals surface area contributed by atoms with E-state index in [9.17, 15) is 0 Å². The molecule has 2 aliphatic rings. The Morgan fingerprint density at radius 1 is 0.368 bits per heavy atom. The first-order chi connectivity index (χ1) is 28.3. The van der Waals surface area contributed by atoms with Gasteiger partial charge in [0.15, 0.2) is 17.5 Å².